The topological polar surface area (TPSA) is 58.9 Å². The minimum Gasteiger partial charge on any atom is -0.394 e. The van der Waals surface area contributed by atoms with Gasteiger partial charge in [-0.2, -0.15) is 0 Å². The number of rotatable bonds is 3. The van der Waals surface area contributed by atoms with Crippen LogP contribution in [0.25, 0.3) is 0 Å². The maximum absolute atomic E-state index is 8.90. The molecule has 1 rings (SSSR count). The first-order valence-electron chi connectivity index (χ1n) is 4.28. The minimum absolute atomic E-state index is 0.0206. The van der Waals surface area contributed by atoms with Gasteiger partial charge in [0.1, 0.15) is 0 Å². The molecule has 4 heteroatoms. The molecule has 1 saturated heterocycles. The molecule has 0 amide bonds. The smallest absolute Gasteiger partial charge is 0.152 e. The fraction of sp³-hybridized carbons (Fsp3) is 1.00. The maximum Gasteiger partial charge on any atom is 0.152 e. The lowest BCUT2D eigenvalue weighted by Crippen LogP contribution is -2.34. The molecule has 3 unspecified atom stereocenters. The van der Waals surface area contributed by atoms with Gasteiger partial charge in [-0.25, -0.2) is 0 Å². The van der Waals surface area contributed by atoms with Gasteiger partial charge in [0.15, 0.2) is 6.29 Å². The molecule has 0 aliphatic carbocycles. The monoisotopic (exact) mass is 176 g/mol. The van der Waals surface area contributed by atoms with Crippen LogP contribution in [0.4, 0.5) is 0 Å². The van der Waals surface area contributed by atoms with Crippen molar-refractivity contribution in [3.8, 4) is 0 Å². The first-order chi connectivity index (χ1) is 5.72. The fourth-order valence-electron chi connectivity index (χ4n) is 1.31. The standard InChI is InChI=1S/C8H16O4/c1-6(10)12-8-3-2-7(4-9)11-5-8/h6-10H,2-5H2,1H3. The van der Waals surface area contributed by atoms with Gasteiger partial charge in [-0.1, -0.05) is 0 Å². The Morgan fingerprint density at radius 3 is 2.75 bits per heavy atom. The Morgan fingerprint density at radius 1 is 1.58 bits per heavy atom. The molecular formula is C8H16O4. The van der Waals surface area contributed by atoms with Crippen LogP contribution in [0.3, 0.4) is 0 Å². The molecule has 1 aliphatic rings. The van der Waals surface area contributed by atoms with Gasteiger partial charge in [0.2, 0.25) is 0 Å². The molecule has 0 saturated carbocycles. The summed E-state index contributed by atoms with van der Waals surface area (Å²) in [5.74, 6) is 0. The van der Waals surface area contributed by atoms with E-state index in [-0.39, 0.29) is 18.8 Å². The van der Waals surface area contributed by atoms with E-state index in [1.807, 2.05) is 0 Å². The quantitative estimate of drug-likeness (QED) is 0.589. The zero-order valence-corrected chi connectivity index (χ0v) is 7.27. The van der Waals surface area contributed by atoms with Crippen LogP contribution in [0, 0.1) is 0 Å². The molecule has 0 radical (unpaired) electrons. The molecule has 3 atom stereocenters. The second-order valence-electron chi connectivity index (χ2n) is 3.07. The molecule has 1 aliphatic heterocycles. The second kappa shape index (κ2) is 4.77. The number of hydrogen-bond acceptors (Lipinski definition) is 4. The highest BCUT2D eigenvalue weighted by molar-refractivity contribution is 4.69. The van der Waals surface area contributed by atoms with E-state index < -0.39 is 6.29 Å². The third-order valence-electron chi connectivity index (χ3n) is 1.92. The van der Waals surface area contributed by atoms with Crippen molar-refractivity contribution >= 4 is 0 Å². The minimum atomic E-state index is -0.732. The van der Waals surface area contributed by atoms with Crippen LogP contribution >= 0.6 is 0 Å². The van der Waals surface area contributed by atoms with Gasteiger partial charge >= 0.3 is 0 Å². The molecule has 0 aromatic rings. The molecule has 0 aromatic heterocycles. The summed E-state index contributed by atoms with van der Waals surface area (Å²) in [5, 5.41) is 17.6. The van der Waals surface area contributed by atoms with Crippen molar-refractivity contribution in [1.82, 2.24) is 0 Å². The van der Waals surface area contributed by atoms with E-state index in [1.165, 1.54) is 0 Å². The van der Waals surface area contributed by atoms with Crippen molar-refractivity contribution in [3.05, 3.63) is 0 Å². The summed E-state index contributed by atoms with van der Waals surface area (Å²) in [6.45, 7) is 2.12. The zero-order chi connectivity index (χ0) is 8.97. The summed E-state index contributed by atoms with van der Waals surface area (Å²) in [4.78, 5) is 0. The van der Waals surface area contributed by atoms with Crippen molar-refractivity contribution < 1.29 is 19.7 Å². The van der Waals surface area contributed by atoms with E-state index in [9.17, 15) is 0 Å². The Hall–Kier alpha value is -0.160. The van der Waals surface area contributed by atoms with E-state index in [2.05, 4.69) is 0 Å². The van der Waals surface area contributed by atoms with Crippen molar-refractivity contribution in [2.45, 2.75) is 38.3 Å². The Labute approximate surface area is 72.1 Å². The first kappa shape index (κ1) is 9.92. The van der Waals surface area contributed by atoms with Gasteiger partial charge < -0.3 is 19.7 Å². The molecular weight excluding hydrogens is 160 g/mol. The van der Waals surface area contributed by atoms with E-state index >= 15 is 0 Å². The molecule has 1 fully saturated rings. The Kier molecular flexibility index (Phi) is 3.94. The molecule has 2 N–H and O–H groups in total. The number of hydrogen-bond donors (Lipinski definition) is 2. The number of aliphatic hydroxyl groups excluding tert-OH is 2. The van der Waals surface area contributed by atoms with Gasteiger partial charge in [0, 0.05) is 0 Å². The Bertz CT molecular complexity index is 118. The highest BCUT2D eigenvalue weighted by Gasteiger charge is 2.22. The van der Waals surface area contributed by atoms with Gasteiger partial charge in [-0.15, -0.1) is 0 Å². The average Bonchev–Trinajstić information content (AvgIpc) is 2.05. The molecule has 12 heavy (non-hydrogen) atoms. The lowest BCUT2D eigenvalue weighted by atomic mass is 10.1. The summed E-state index contributed by atoms with van der Waals surface area (Å²) >= 11 is 0. The maximum atomic E-state index is 8.90. The third-order valence-corrected chi connectivity index (χ3v) is 1.92. The van der Waals surface area contributed by atoms with Crippen LogP contribution in [-0.4, -0.2) is 41.9 Å². The summed E-state index contributed by atoms with van der Waals surface area (Å²) in [6.07, 6.45) is 0.847. The van der Waals surface area contributed by atoms with Crippen LogP contribution in [-0.2, 0) is 9.47 Å². The van der Waals surface area contributed by atoms with E-state index in [4.69, 9.17) is 19.7 Å². The van der Waals surface area contributed by atoms with Gasteiger partial charge in [0.05, 0.1) is 25.4 Å². The molecule has 72 valence electrons. The van der Waals surface area contributed by atoms with Crippen molar-refractivity contribution in [2.75, 3.05) is 13.2 Å². The van der Waals surface area contributed by atoms with Crippen molar-refractivity contribution in [1.29, 1.82) is 0 Å². The van der Waals surface area contributed by atoms with E-state index in [0.717, 1.165) is 12.8 Å². The van der Waals surface area contributed by atoms with Crippen molar-refractivity contribution in [3.63, 3.8) is 0 Å². The highest BCUT2D eigenvalue weighted by atomic mass is 16.6. The molecule has 0 aromatic carbocycles. The summed E-state index contributed by atoms with van der Waals surface area (Å²) in [5.41, 5.74) is 0. The molecule has 4 nitrogen and oxygen atoms in total. The number of aliphatic hydroxyl groups is 2. The molecule has 1 heterocycles. The summed E-state index contributed by atoms with van der Waals surface area (Å²) < 4.78 is 10.4. The van der Waals surface area contributed by atoms with E-state index in [1.54, 1.807) is 6.92 Å². The van der Waals surface area contributed by atoms with Crippen LogP contribution in [0.1, 0.15) is 19.8 Å². The van der Waals surface area contributed by atoms with Crippen molar-refractivity contribution in [2.24, 2.45) is 0 Å². The predicted molar refractivity (Wildman–Crippen MR) is 42.6 cm³/mol. The van der Waals surface area contributed by atoms with Crippen LogP contribution < -0.4 is 0 Å². The van der Waals surface area contributed by atoms with Gasteiger partial charge in [-0.05, 0) is 19.8 Å². The molecule has 0 spiro atoms. The van der Waals surface area contributed by atoms with Crippen LogP contribution in [0.15, 0.2) is 0 Å². The van der Waals surface area contributed by atoms with Crippen LogP contribution in [0.2, 0.25) is 0 Å². The predicted octanol–water partition coefficient (Wildman–Crippen LogP) is -0.119. The van der Waals surface area contributed by atoms with E-state index in [0.29, 0.717) is 6.61 Å². The average molecular weight is 176 g/mol. The summed E-state index contributed by atoms with van der Waals surface area (Å²) in [6, 6.07) is 0. The lowest BCUT2D eigenvalue weighted by Gasteiger charge is -2.28. The zero-order valence-electron chi connectivity index (χ0n) is 7.27. The normalized spacial score (nSPS) is 33.2. The Balaban J connectivity index is 2.17. The van der Waals surface area contributed by atoms with Crippen LogP contribution in [0.5, 0.6) is 0 Å². The first-order valence-corrected chi connectivity index (χ1v) is 4.28. The largest absolute Gasteiger partial charge is 0.394 e. The fourth-order valence-corrected chi connectivity index (χ4v) is 1.31. The summed E-state index contributed by atoms with van der Waals surface area (Å²) in [7, 11) is 0. The van der Waals surface area contributed by atoms with Gasteiger partial charge in [-0.3, -0.25) is 0 Å². The number of ether oxygens (including phenoxy) is 2. The highest BCUT2D eigenvalue weighted by Crippen LogP contribution is 2.16. The Morgan fingerprint density at radius 2 is 2.33 bits per heavy atom. The lowest BCUT2D eigenvalue weighted by molar-refractivity contribution is -0.171. The van der Waals surface area contributed by atoms with Gasteiger partial charge in [0.25, 0.3) is 0 Å². The second-order valence-corrected chi connectivity index (χ2v) is 3.07. The third kappa shape index (κ3) is 3.06. The molecule has 0 bridgehead atoms. The SMILES string of the molecule is CC(O)OC1CCC(CO)OC1.